The van der Waals surface area contributed by atoms with Crippen LogP contribution in [0.3, 0.4) is 0 Å². The molecular formula is C21H19ClN2O5S. The molecule has 9 heteroatoms. The largest absolute Gasteiger partial charge is 0.497 e. The maximum atomic E-state index is 12.6. The summed E-state index contributed by atoms with van der Waals surface area (Å²) in [6.07, 6.45) is 0. The second kappa shape index (κ2) is 9.06. The summed E-state index contributed by atoms with van der Waals surface area (Å²) in [6, 6.07) is 17.2. The monoisotopic (exact) mass is 446 g/mol. The lowest BCUT2D eigenvalue weighted by molar-refractivity contribution is 0.102. The molecule has 3 aromatic rings. The quantitative estimate of drug-likeness (QED) is 0.560. The fourth-order valence-electron chi connectivity index (χ4n) is 2.64. The highest BCUT2D eigenvalue weighted by atomic mass is 35.5. The third-order valence-corrected chi connectivity index (χ3v) is 5.88. The molecule has 2 N–H and O–H groups in total. The Bertz CT molecular complexity index is 1170. The maximum Gasteiger partial charge on any atom is 0.261 e. The van der Waals surface area contributed by atoms with E-state index in [2.05, 4.69) is 10.0 Å². The van der Waals surface area contributed by atoms with Gasteiger partial charge in [-0.25, -0.2) is 8.42 Å². The molecule has 0 aliphatic heterocycles. The molecule has 0 radical (unpaired) electrons. The number of methoxy groups -OCH3 is 2. The van der Waals surface area contributed by atoms with E-state index in [1.807, 2.05) is 0 Å². The second-order valence-electron chi connectivity index (χ2n) is 6.13. The van der Waals surface area contributed by atoms with Crippen LogP contribution in [-0.2, 0) is 10.0 Å². The Morgan fingerprint density at radius 1 is 0.900 bits per heavy atom. The van der Waals surface area contributed by atoms with Gasteiger partial charge in [-0.3, -0.25) is 9.52 Å². The third-order valence-electron chi connectivity index (χ3n) is 4.19. The lowest BCUT2D eigenvalue weighted by Crippen LogP contribution is -2.15. The molecule has 0 spiro atoms. The number of benzene rings is 3. The normalized spacial score (nSPS) is 10.9. The second-order valence-corrected chi connectivity index (χ2v) is 8.22. The molecule has 0 atom stereocenters. The van der Waals surface area contributed by atoms with E-state index in [1.165, 1.54) is 44.6 Å². The number of anilines is 2. The lowest BCUT2D eigenvalue weighted by Gasteiger charge is -2.13. The first kappa shape index (κ1) is 21.5. The van der Waals surface area contributed by atoms with Gasteiger partial charge in [-0.05, 0) is 42.5 Å². The van der Waals surface area contributed by atoms with Gasteiger partial charge in [-0.2, -0.15) is 0 Å². The van der Waals surface area contributed by atoms with Crippen molar-refractivity contribution in [3.8, 4) is 11.5 Å². The molecule has 0 bridgehead atoms. The lowest BCUT2D eigenvalue weighted by atomic mass is 10.2. The van der Waals surface area contributed by atoms with Crippen molar-refractivity contribution in [3.63, 3.8) is 0 Å². The molecule has 0 fully saturated rings. The van der Waals surface area contributed by atoms with E-state index in [0.717, 1.165) is 0 Å². The molecule has 7 nitrogen and oxygen atoms in total. The predicted octanol–water partition coefficient (Wildman–Crippen LogP) is 4.41. The van der Waals surface area contributed by atoms with Crippen molar-refractivity contribution < 1.29 is 22.7 Å². The molecule has 1 amide bonds. The van der Waals surface area contributed by atoms with Crippen molar-refractivity contribution in [2.75, 3.05) is 24.3 Å². The Balaban J connectivity index is 1.79. The van der Waals surface area contributed by atoms with Crippen LogP contribution in [0.5, 0.6) is 11.5 Å². The summed E-state index contributed by atoms with van der Waals surface area (Å²) in [5, 5.41) is 2.82. The van der Waals surface area contributed by atoms with E-state index < -0.39 is 15.9 Å². The molecule has 0 aliphatic carbocycles. The van der Waals surface area contributed by atoms with Crippen molar-refractivity contribution in [2.24, 2.45) is 0 Å². The van der Waals surface area contributed by atoms with Gasteiger partial charge in [0.2, 0.25) is 0 Å². The molecule has 0 saturated heterocycles. The number of amides is 1. The molecule has 156 valence electrons. The smallest absolute Gasteiger partial charge is 0.261 e. The van der Waals surface area contributed by atoms with Gasteiger partial charge < -0.3 is 14.8 Å². The Hall–Kier alpha value is -3.23. The minimum absolute atomic E-state index is 0.0869. The topological polar surface area (TPSA) is 93.7 Å². The zero-order chi connectivity index (χ0) is 21.7. The minimum Gasteiger partial charge on any atom is -0.497 e. The first-order chi connectivity index (χ1) is 14.3. The first-order valence-corrected chi connectivity index (χ1v) is 10.6. The number of hydrogen-bond acceptors (Lipinski definition) is 5. The highest BCUT2D eigenvalue weighted by Gasteiger charge is 2.17. The molecule has 3 rings (SSSR count). The van der Waals surface area contributed by atoms with Gasteiger partial charge in [-0.15, -0.1) is 0 Å². The van der Waals surface area contributed by atoms with E-state index in [1.54, 1.807) is 36.4 Å². The molecule has 30 heavy (non-hydrogen) atoms. The maximum absolute atomic E-state index is 12.6. The SMILES string of the molecule is COc1ccc(NC(=O)c2ccc(NS(=O)(=O)c3ccccc3)c(Cl)c2)c(OC)c1. The standard InChI is InChI=1S/C21H19ClN2O5S/c1-28-15-9-11-19(20(13-15)29-2)23-21(25)14-8-10-18(17(22)12-14)24-30(26,27)16-6-4-3-5-7-16/h3-13,24H,1-2H3,(H,23,25). The number of carbonyl (C=O) groups excluding carboxylic acids is 1. The molecule has 0 aliphatic rings. The molecular weight excluding hydrogens is 428 g/mol. The summed E-state index contributed by atoms with van der Waals surface area (Å²) in [5.41, 5.74) is 0.868. The van der Waals surface area contributed by atoms with Crippen LogP contribution in [0.2, 0.25) is 5.02 Å². The van der Waals surface area contributed by atoms with Crippen LogP contribution < -0.4 is 19.5 Å². The highest BCUT2D eigenvalue weighted by Crippen LogP contribution is 2.30. The Morgan fingerprint density at radius 3 is 2.23 bits per heavy atom. The third kappa shape index (κ3) is 4.84. The predicted molar refractivity (Wildman–Crippen MR) is 116 cm³/mol. The average molecular weight is 447 g/mol. The van der Waals surface area contributed by atoms with Crippen LogP contribution in [0, 0.1) is 0 Å². The Kier molecular flexibility index (Phi) is 6.49. The molecule has 0 saturated carbocycles. The van der Waals surface area contributed by atoms with E-state index in [4.69, 9.17) is 21.1 Å². The van der Waals surface area contributed by atoms with E-state index >= 15 is 0 Å². The number of hydrogen-bond donors (Lipinski definition) is 2. The summed E-state index contributed by atoms with van der Waals surface area (Å²) < 4.78 is 37.8. The molecule has 0 aromatic heterocycles. The van der Waals surface area contributed by atoms with E-state index in [-0.39, 0.29) is 21.2 Å². The number of rotatable bonds is 7. The van der Waals surface area contributed by atoms with E-state index in [9.17, 15) is 13.2 Å². The van der Waals surface area contributed by atoms with Gasteiger partial charge >= 0.3 is 0 Å². The fraction of sp³-hybridized carbons (Fsp3) is 0.0952. The Labute approximate surface area is 179 Å². The average Bonchev–Trinajstić information content (AvgIpc) is 2.75. The van der Waals surface area contributed by atoms with Gasteiger partial charge in [0.25, 0.3) is 15.9 Å². The number of ether oxygens (including phenoxy) is 2. The van der Waals surface area contributed by atoms with Crippen molar-refractivity contribution in [2.45, 2.75) is 4.90 Å². The minimum atomic E-state index is -3.80. The summed E-state index contributed by atoms with van der Waals surface area (Å²) in [4.78, 5) is 12.7. The van der Waals surface area contributed by atoms with Gasteiger partial charge in [-0.1, -0.05) is 29.8 Å². The van der Waals surface area contributed by atoms with Crippen LogP contribution in [0.4, 0.5) is 11.4 Å². The summed E-state index contributed by atoms with van der Waals surface area (Å²) in [5.74, 6) is 0.585. The van der Waals surface area contributed by atoms with Crippen molar-refractivity contribution >= 4 is 38.9 Å². The molecule has 0 heterocycles. The van der Waals surface area contributed by atoms with Gasteiger partial charge in [0, 0.05) is 11.6 Å². The van der Waals surface area contributed by atoms with Gasteiger partial charge in [0.05, 0.1) is 35.5 Å². The summed E-state index contributed by atoms with van der Waals surface area (Å²) in [7, 11) is -0.785. The van der Waals surface area contributed by atoms with E-state index in [0.29, 0.717) is 17.2 Å². The van der Waals surface area contributed by atoms with Crippen LogP contribution in [0.25, 0.3) is 0 Å². The molecule has 0 unspecified atom stereocenters. The van der Waals surface area contributed by atoms with Crippen molar-refractivity contribution in [3.05, 3.63) is 77.3 Å². The number of halogens is 1. The Morgan fingerprint density at radius 2 is 1.60 bits per heavy atom. The van der Waals surface area contributed by atoms with Crippen molar-refractivity contribution in [1.29, 1.82) is 0 Å². The van der Waals surface area contributed by atoms with Crippen LogP contribution >= 0.6 is 11.6 Å². The van der Waals surface area contributed by atoms with Crippen molar-refractivity contribution in [1.82, 2.24) is 0 Å². The zero-order valence-electron chi connectivity index (χ0n) is 16.2. The number of nitrogens with one attached hydrogen (secondary N) is 2. The zero-order valence-corrected chi connectivity index (χ0v) is 17.8. The van der Waals surface area contributed by atoms with Gasteiger partial charge in [0.15, 0.2) is 0 Å². The molecule has 3 aromatic carbocycles. The fourth-order valence-corrected chi connectivity index (χ4v) is 4.02. The van der Waals surface area contributed by atoms with Crippen LogP contribution in [0.1, 0.15) is 10.4 Å². The number of sulfonamides is 1. The highest BCUT2D eigenvalue weighted by molar-refractivity contribution is 7.92. The first-order valence-electron chi connectivity index (χ1n) is 8.75. The van der Waals surface area contributed by atoms with Crippen LogP contribution in [-0.4, -0.2) is 28.5 Å². The summed E-state index contributed by atoms with van der Waals surface area (Å²) in [6.45, 7) is 0. The van der Waals surface area contributed by atoms with Crippen LogP contribution in [0.15, 0.2) is 71.6 Å². The number of carbonyl (C=O) groups is 1. The summed E-state index contributed by atoms with van der Waals surface area (Å²) >= 11 is 6.22. The van der Waals surface area contributed by atoms with Gasteiger partial charge in [0.1, 0.15) is 11.5 Å².